The summed E-state index contributed by atoms with van der Waals surface area (Å²) in [4.78, 5) is 11.1. The van der Waals surface area contributed by atoms with Crippen molar-refractivity contribution in [3.63, 3.8) is 0 Å². The Kier molecular flexibility index (Phi) is 13.5. The van der Waals surface area contributed by atoms with Crippen molar-refractivity contribution in [3.05, 3.63) is 36.6 Å². The first kappa shape index (κ1) is 22.8. The summed E-state index contributed by atoms with van der Waals surface area (Å²) in [5.74, 6) is 2.13. The smallest absolute Gasteiger partial charge is 0.306 e. The van der Waals surface area contributed by atoms with Gasteiger partial charge in [0, 0.05) is 12.2 Å². The molecule has 4 heteroatoms. The zero-order valence-corrected chi connectivity index (χ0v) is 16.4. The van der Waals surface area contributed by atoms with Crippen LogP contribution in [0.5, 0.6) is 0 Å². The summed E-state index contributed by atoms with van der Waals surface area (Å²) in [6.07, 6.45) is 8.44. The summed E-state index contributed by atoms with van der Waals surface area (Å²) < 4.78 is 10.5. The van der Waals surface area contributed by atoms with Crippen molar-refractivity contribution < 1.29 is 14.3 Å². The summed E-state index contributed by atoms with van der Waals surface area (Å²) in [6, 6.07) is 0. The first-order valence-electron chi connectivity index (χ1n) is 8.85. The number of rotatable bonds is 14. The zero-order valence-electron chi connectivity index (χ0n) is 15.6. The van der Waals surface area contributed by atoms with E-state index in [1.165, 1.54) is 12.8 Å². The third-order valence-electron chi connectivity index (χ3n) is 4.06. The predicted molar refractivity (Wildman–Crippen MR) is 105 cm³/mol. The van der Waals surface area contributed by atoms with Gasteiger partial charge in [-0.3, -0.25) is 4.79 Å². The first-order valence-corrected chi connectivity index (χ1v) is 9.48. The molecule has 0 heterocycles. The van der Waals surface area contributed by atoms with Gasteiger partial charge in [-0.15, -0.1) is 0 Å². The molecule has 0 aromatic heterocycles. The highest BCUT2D eigenvalue weighted by Gasteiger charge is 2.07. The van der Waals surface area contributed by atoms with Gasteiger partial charge in [-0.25, -0.2) is 0 Å². The molecule has 138 valence electrons. The summed E-state index contributed by atoms with van der Waals surface area (Å²) in [5.41, 5.74) is 1.10. The molecule has 0 aliphatic heterocycles. The molecule has 0 fully saturated rings. The zero-order chi connectivity index (χ0) is 18.4. The van der Waals surface area contributed by atoms with E-state index >= 15 is 0 Å². The largest absolute Gasteiger partial charge is 0.494 e. The molecule has 0 bridgehead atoms. The van der Waals surface area contributed by atoms with Gasteiger partial charge < -0.3 is 9.47 Å². The molecule has 0 aromatic carbocycles. The molecule has 2 atom stereocenters. The van der Waals surface area contributed by atoms with E-state index < -0.39 is 0 Å². The number of carbonyl (C=O) groups excluding carboxylic acids is 1. The van der Waals surface area contributed by atoms with Crippen LogP contribution in [0.2, 0.25) is 0 Å². The number of esters is 1. The molecule has 0 saturated carbocycles. The van der Waals surface area contributed by atoms with Crippen molar-refractivity contribution >= 4 is 18.6 Å². The molecule has 0 aliphatic carbocycles. The predicted octanol–water partition coefficient (Wildman–Crippen LogP) is 5.34. The maximum Gasteiger partial charge on any atom is 0.306 e. The first-order chi connectivity index (χ1) is 11.4. The maximum atomic E-state index is 11.1. The second-order valence-corrected chi connectivity index (χ2v) is 6.71. The van der Waals surface area contributed by atoms with Gasteiger partial charge in [0.1, 0.15) is 5.76 Å². The van der Waals surface area contributed by atoms with Crippen molar-refractivity contribution in [2.45, 2.75) is 52.9 Å². The molecule has 0 radical (unpaired) electrons. The van der Waals surface area contributed by atoms with Crippen molar-refractivity contribution in [2.24, 2.45) is 11.8 Å². The second kappa shape index (κ2) is 14.2. The fourth-order valence-electron chi connectivity index (χ4n) is 1.95. The lowest BCUT2D eigenvalue weighted by Gasteiger charge is -2.14. The minimum absolute atomic E-state index is 0.216. The average Bonchev–Trinajstić information content (AvgIpc) is 2.56. The SMILES string of the molecule is C=C(/C=C\C(=C)C(C)CCC(C)CC)OCCCOC(=O)CCS. The van der Waals surface area contributed by atoms with Crippen LogP contribution in [0.1, 0.15) is 52.9 Å². The molecule has 0 aliphatic rings. The number of thiol groups is 1. The van der Waals surface area contributed by atoms with E-state index in [0.29, 0.717) is 43.5 Å². The highest BCUT2D eigenvalue weighted by Crippen LogP contribution is 2.21. The highest BCUT2D eigenvalue weighted by molar-refractivity contribution is 7.80. The number of allylic oxidation sites excluding steroid dienone is 3. The van der Waals surface area contributed by atoms with Gasteiger partial charge in [0.2, 0.25) is 0 Å². The van der Waals surface area contributed by atoms with Crippen LogP contribution in [0.25, 0.3) is 0 Å². The Bertz CT molecular complexity index is 415. The lowest BCUT2D eigenvalue weighted by atomic mass is 9.92. The monoisotopic (exact) mass is 354 g/mol. The van der Waals surface area contributed by atoms with Gasteiger partial charge in [0.15, 0.2) is 0 Å². The summed E-state index contributed by atoms with van der Waals surface area (Å²) in [7, 11) is 0. The van der Waals surface area contributed by atoms with E-state index in [4.69, 9.17) is 9.47 Å². The molecule has 0 saturated heterocycles. The molecule has 0 amide bonds. The Morgan fingerprint density at radius 3 is 2.42 bits per heavy atom. The third-order valence-corrected chi connectivity index (χ3v) is 4.28. The van der Waals surface area contributed by atoms with Crippen LogP contribution in [0, 0.1) is 11.8 Å². The van der Waals surface area contributed by atoms with Crippen LogP contribution >= 0.6 is 12.6 Å². The Labute approximate surface area is 153 Å². The van der Waals surface area contributed by atoms with Gasteiger partial charge in [-0.2, -0.15) is 12.6 Å². The second-order valence-electron chi connectivity index (χ2n) is 6.26. The molecule has 0 spiro atoms. The van der Waals surface area contributed by atoms with Crippen LogP contribution < -0.4 is 0 Å². The van der Waals surface area contributed by atoms with E-state index in [1.54, 1.807) is 0 Å². The van der Waals surface area contributed by atoms with Crippen LogP contribution in [0.4, 0.5) is 0 Å². The molecule has 0 aromatic rings. The quantitative estimate of drug-likeness (QED) is 0.150. The Hall–Kier alpha value is -1.16. The lowest BCUT2D eigenvalue weighted by Crippen LogP contribution is -2.08. The standard InChI is InChI=1S/C20H34O3S/c1-6-16(2)8-9-17(3)18(4)10-11-19(5)22-13-7-14-23-20(21)12-15-24/h10-11,16-17,24H,4-9,12-15H2,1-3H3/b11-10-. The molecule has 0 rings (SSSR count). The van der Waals surface area contributed by atoms with Gasteiger partial charge in [-0.05, 0) is 24.3 Å². The van der Waals surface area contributed by atoms with Crippen molar-refractivity contribution in [1.29, 1.82) is 0 Å². The van der Waals surface area contributed by atoms with Crippen LogP contribution in [-0.2, 0) is 14.3 Å². The molecule has 3 nitrogen and oxygen atoms in total. The minimum Gasteiger partial charge on any atom is -0.494 e. The maximum absolute atomic E-state index is 11.1. The van der Waals surface area contributed by atoms with E-state index in [-0.39, 0.29) is 5.97 Å². The Morgan fingerprint density at radius 2 is 1.79 bits per heavy atom. The number of hydrogen-bond acceptors (Lipinski definition) is 4. The Balaban J connectivity index is 3.87. The molecule has 2 unspecified atom stereocenters. The fraction of sp³-hybridized carbons (Fsp3) is 0.650. The Morgan fingerprint density at radius 1 is 1.12 bits per heavy atom. The lowest BCUT2D eigenvalue weighted by molar-refractivity contribution is -0.143. The van der Waals surface area contributed by atoms with E-state index in [2.05, 4.69) is 46.6 Å². The average molecular weight is 355 g/mol. The molecular weight excluding hydrogens is 320 g/mol. The van der Waals surface area contributed by atoms with Crippen molar-refractivity contribution in [1.82, 2.24) is 0 Å². The topological polar surface area (TPSA) is 35.5 Å². The van der Waals surface area contributed by atoms with Crippen LogP contribution in [0.3, 0.4) is 0 Å². The third kappa shape index (κ3) is 12.3. The van der Waals surface area contributed by atoms with Crippen LogP contribution in [0.15, 0.2) is 36.6 Å². The summed E-state index contributed by atoms with van der Waals surface area (Å²) >= 11 is 3.98. The highest BCUT2D eigenvalue weighted by atomic mass is 32.1. The van der Waals surface area contributed by atoms with E-state index in [9.17, 15) is 4.79 Å². The van der Waals surface area contributed by atoms with Gasteiger partial charge in [0.25, 0.3) is 0 Å². The van der Waals surface area contributed by atoms with Gasteiger partial charge >= 0.3 is 5.97 Å². The summed E-state index contributed by atoms with van der Waals surface area (Å²) in [5, 5.41) is 0. The van der Waals surface area contributed by atoms with Crippen molar-refractivity contribution in [3.8, 4) is 0 Å². The van der Waals surface area contributed by atoms with Gasteiger partial charge in [0.05, 0.1) is 19.6 Å². The summed E-state index contributed by atoms with van der Waals surface area (Å²) in [6.45, 7) is 15.6. The molecular formula is C20H34O3S. The van der Waals surface area contributed by atoms with E-state index in [1.807, 2.05) is 12.2 Å². The molecule has 24 heavy (non-hydrogen) atoms. The number of hydrogen-bond donors (Lipinski definition) is 1. The van der Waals surface area contributed by atoms with Gasteiger partial charge in [-0.1, -0.05) is 58.4 Å². The molecule has 0 N–H and O–H groups in total. The normalized spacial score (nSPS) is 13.5. The fourth-order valence-corrected chi connectivity index (χ4v) is 2.13. The van der Waals surface area contributed by atoms with E-state index in [0.717, 1.165) is 17.9 Å². The van der Waals surface area contributed by atoms with Crippen molar-refractivity contribution in [2.75, 3.05) is 19.0 Å². The minimum atomic E-state index is -0.216. The number of carbonyl (C=O) groups is 1. The number of ether oxygens (including phenoxy) is 2. The van der Waals surface area contributed by atoms with Crippen LogP contribution in [-0.4, -0.2) is 24.9 Å².